The maximum absolute atomic E-state index is 12.0. The molecule has 0 aromatic heterocycles. The Balaban J connectivity index is 2.94. The number of hydrogen-bond acceptors (Lipinski definition) is 2. The van der Waals surface area contributed by atoms with Crippen molar-refractivity contribution in [2.24, 2.45) is 0 Å². The monoisotopic (exact) mass is 292 g/mol. The van der Waals surface area contributed by atoms with Crippen LogP contribution >= 0.6 is 15.9 Å². The van der Waals surface area contributed by atoms with Crippen LogP contribution in [0, 0.1) is 6.92 Å². The van der Waals surface area contributed by atoms with Crippen molar-refractivity contribution in [3.05, 3.63) is 29.3 Å². The van der Waals surface area contributed by atoms with Crippen LogP contribution in [0.5, 0.6) is 5.75 Å². The third-order valence-electron chi connectivity index (χ3n) is 2.06. The number of carbonyl (C=O) groups is 1. The minimum absolute atomic E-state index is 0.0125. The zero-order valence-corrected chi connectivity index (χ0v) is 10.3. The normalized spacial score (nSPS) is 10.6. The number of Topliss-reactive ketones (excluding diaryl/α,β-unsaturated/α-hetero) is 1. The molecule has 5 heteroatoms. The standard InChI is InChI=1S/C11H11BrF2O2/c1-7-2-3-8(16-11(13)14)6-9(7)10(15)4-5-12/h2-3,6,11H,4-5H2,1H3. The van der Waals surface area contributed by atoms with Crippen molar-refractivity contribution in [1.82, 2.24) is 0 Å². The Labute approximate surface area is 101 Å². The van der Waals surface area contributed by atoms with Crippen LogP contribution in [0.3, 0.4) is 0 Å². The summed E-state index contributed by atoms with van der Waals surface area (Å²) in [6, 6.07) is 4.37. The summed E-state index contributed by atoms with van der Waals surface area (Å²) in [4.78, 5) is 11.6. The number of carbonyl (C=O) groups excluding carboxylic acids is 1. The molecule has 88 valence electrons. The summed E-state index contributed by atoms with van der Waals surface area (Å²) in [5.41, 5.74) is 1.19. The summed E-state index contributed by atoms with van der Waals surface area (Å²) < 4.78 is 28.2. The predicted molar refractivity (Wildman–Crippen MR) is 60.6 cm³/mol. The van der Waals surface area contributed by atoms with Crippen LogP contribution in [0.2, 0.25) is 0 Å². The van der Waals surface area contributed by atoms with E-state index in [4.69, 9.17) is 0 Å². The summed E-state index contributed by atoms with van der Waals surface area (Å²) in [6.45, 7) is -1.12. The molecule has 0 aliphatic rings. The van der Waals surface area contributed by atoms with Gasteiger partial charge in [0.1, 0.15) is 5.75 Å². The van der Waals surface area contributed by atoms with Crippen LogP contribution in [0.1, 0.15) is 22.3 Å². The van der Waals surface area contributed by atoms with E-state index in [9.17, 15) is 13.6 Å². The van der Waals surface area contributed by atoms with Crippen molar-refractivity contribution in [2.75, 3.05) is 5.33 Å². The van der Waals surface area contributed by atoms with Crippen molar-refractivity contribution in [3.8, 4) is 5.75 Å². The third-order valence-corrected chi connectivity index (χ3v) is 2.45. The SMILES string of the molecule is Cc1ccc(OC(F)F)cc1C(=O)CCBr. The molecule has 0 amide bonds. The number of benzene rings is 1. The van der Waals surface area contributed by atoms with Gasteiger partial charge in [0.05, 0.1) is 0 Å². The lowest BCUT2D eigenvalue weighted by atomic mass is 10.0. The fraction of sp³-hybridized carbons (Fsp3) is 0.364. The van der Waals surface area contributed by atoms with Gasteiger partial charge < -0.3 is 4.74 Å². The molecule has 2 nitrogen and oxygen atoms in total. The van der Waals surface area contributed by atoms with Crippen LogP contribution < -0.4 is 4.74 Å². The van der Waals surface area contributed by atoms with E-state index in [0.29, 0.717) is 17.3 Å². The number of rotatable bonds is 5. The van der Waals surface area contributed by atoms with Crippen LogP contribution in [0.4, 0.5) is 8.78 Å². The molecule has 1 rings (SSSR count). The van der Waals surface area contributed by atoms with E-state index in [-0.39, 0.29) is 11.5 Å². The zero-order chi connectivity index (χ0) is 12.1. The van der Waals surface area contributed by atoms with Gasteiger partial charge in [0, 0.05) is 17.3 Å². The van der Waals surface area contributed by atoms with Gasteiger partial charge in [-0.1, -0.05) is 22.0 Å². The Morgan fingerprint density at radius 1 is 1.50 bits per heavy atom. The molecule has 0 heterocycles. The minimum Gasteiger partial charge on any atom is -0.435 e. The smallest absolute Gasteiger partial charge is 0.387 e. The first-order valence-corrected chi connectivity index (χ1v) is 5.81. The lowest BCUT2D eigenvalue weighted by Gasteiger charge is -2.08. The molecule has 0 atom stereocenters. The van der Waals surface area contributed by atoms with Gasteiger partial charge in [-0.25, -0.2) is 0 Å². The van der Waals surface area contributed by atoms with Crippen molar-refractivity contribution in [1.29, 1.82) is 0 Å². The second kappa shape index (κ2) is 5.94. The van der Waals surface area contributed by atoms with Gasteiger partial charge in [0.25, 0.3) is 0 Å². The van der Waals surface area contributed by atoms with E-state index < -0.39 is 6.61 Å². The molecule has 1 aromatic carbocycles. The molecule has 0 radical (unpaired) electrons. The highest BCUT2D eigenvalue weighted by Crippen LogP contribution is 2.20. The van der Waals surface area contributed by atoms with Gasteiger partial charge in [-0.3, -0.25) is 4.79 Å². The second-order valence-electron chi connectivity index (χ2n) is 3.22. The molecule has 0 fully saturated rings. The summed E-state index contributed by atoms with van der Waals surface area (Å²) in [6.07, 6.45) is 0.332. The number of hydrogen-bond donors (Lipinski definition) is 0. The van der Waals surface area contributed by atoms with Crippen LogP contribution in [-0.4, -0.2) is 17.7 Å². The first kappa shape index (κ1) is 13.1. The van der Waals surface area contributed by atoms with Gasteiger partial charge >= 0.3 is 6.61 Å². The number of ketones is 1. The zero-order valence-electron chi connectivity index (χ0n) is 8.67. The molecule has 0 N–H and O–H groups in total. The molecule has 0 saturated heterocycles. The highest BCUT2D eigenvalue weighted by molar-refractivity contribution is 9.09. The minimum atomic E-state index is -2.87. The maximum Gasteiger partial charge on any atom is 0.387 e. The highest BCUT2D eigenvalue weighted by atomic mass is 79.9. The van der Waals surface area contributed by atoms with Crippen molar-refractivity contribution in [2.45, 2.75) is 20.0 Å². The molecular formula is C11H11BrF2O2. The molecule has 0 aliphatic heterocycles. The summed E-state index contributed by atoms with van der Waals surface area (Å²) in [5.74, 6) is -0.0763. The van der Waals surface area contributed by atoms with Gasteiger partial charge in [-0.15, -0.1) is 0 Å². The van der Waals surface area contributed by atoms with Gasteiger partial charge in [0.2, 0.25) is 0 Å². The van der Waals surface area contributed by atoms with Crippen LogP contribution in [0.15, 0.2) is 18.2 Å². The van der Waals surface area contributed by atoms with Gasteiger partial charge in [-0.2, -0.15) is 8.78 Å². The molecule has 0 unspecified atom stereocenters. The van der Waals surface area contributed by atoms with Crippen molar-refractivity contribution >= 4 is 21.7 Å². The Hall–Kier alpha value is -0.970. The van der Waals surface area contributed by atoms with Crippen LogP contribution in [0.25, 0.3) is 0 Å². The fourth-order valence-corrected chi connectivity index (χ4v) is 1.66. The number of aryl methyl sites for hydroxylation is 1. The molecular weight excluding hydrogens is 282 g/mol. The average Bonchev–Trinajstić information content (AvgIpc) is 2.20. The van der Waals surface area contributed by atoms with Crippen molar-refractivity contribution < 1.29 is 18.3 Å². The van der Waals surface area contributed by atoms with E-state index >= 15 is 0 Å². The fourth-order valence-electron chi connectivity index (χ4n) is 1.30. The van der Waals surface area contributed by atoms with E-state index in [0.717, 1.165) is 5.56 Å². The predicted octanol–water partition coefficient (Wildman–Crippen LogP) is 3.56. The van der Waals surface area contributed by atoms with Crippen molar-refractivity contribution in [3.63, 3.8) is 0 Å². The maximum atomic E-state index is 12.0. The Morgan fingerprint density at radius 3 is 2.75 bits per heavy atom. The van der Waals surface area contributed by atoms with Gasteiger partial charge in [-0.05, 0) is 24.6 Å². The average molecular weight is 293 g/mol. The van der Waals surface area contributed by atoms with Crippen LogP contribution in [-0.2, 0) is 0 Å². The Morgan fingerprint density at radius 2 is 2.19 bits per heavy atom. The van der Waals surface area contributed by atoms with Gasteiger partial charge in [0.15, 0.2) is 5.78 Å². The summed E-state index contributed by atoms with van der Waals surface area (Å²) in [7, 11) is 0. The largest absolute Gasteiger partial charge is 0.435 e. The van der Waals surface area contributed by atoms with E-state index in [1.165, 1.54) is 12.1 Å². The molecule has 1 aromatic rings. The summed E-state index contributed by atoms with van der Waals surface area (Å²) in [5, 5.41) is 0.547. The highest BCUT2D eigenvalue weighted by Gasteiger charge is 2.11. The third kappa shape index (κ3) is 3.56. The topological polar surface area (TPSA) is 26.3 Å². The van der Waals surface area contributed by atoms with E-state index in [2.05, 4.69) is 20.7 Å². The Kier molecular flexibility index (Phi) is 4.86. The number of alkyl halides is 3. The lowest BCUT2D eigenvalue weighted by Crippen LogP contribution is -2.06. The number of ether oxygens (including phenoxy) is 1. The van der Waals surface area contributed by atoms with E-state index in [1.54, 1.807) is 13.0 Å². The number of halogens is 3. The first-order valence-electron chi connectivity index (χ1n) is 4.69. The molecule has 0 aliphatic carbocycles. The molecule has 16 heavy (non-hydrogen) atoms. The molecule has 0 saturated carbocycles. The van der Waals surface area contributed by atoms with E-state index in [1.807, 2.05) is 0 Å². The lowest BCUT2D eigenvalue weighted by molar-refractivity contribution is -0.0498. The Bertz CT molecular complexity index is 380. The quantitative estimate of drug-likeness (QED) is 0.613. The first-order chi connectivity index (χ1) is 7.54. The molecule has 0 spiro atoms. The second-order valence-corrected chi connectivity index (χ2v) is 4.01. The molecule has 0 bridgehead atoms. The summed E-state index contributed by atoms with van der Waals surface area (Å²) >= 11 is 3.16.